The van der Waals surface area contributed by atoms with Gasteiger partial charge in [0.05, 0.1) is 23.3 Å². The van der Waals surface area contributed by atoms with Crippen molar-refractivity contribution >= 4 is 17.9 Å². The van der Waals surface area contributed by atoms with Crippen molar-refractivity contribution in [2.24, 2.45) is 5.92 Å². The molecule has 0 spiro atoms. The molecule has 140 valence electrons. The van der Waals surface area contributed by atoms with Gasteiger partial charge in [0.2, 0.25) is 0 Å². The topological polar surface area (TPSA) is 98.2 Å². The number of benzene rings is 1. The number of nitrogens with zero attached hydrogens (tertiary/aromatic N) is 2. The molecule has 1 aliphatic heterocycles. The van der Waals surface area contributed by atoms with E-state index in [-0.39, 0.29) is 12.5 Å². The maximum absolute atomic E-state index is 12.8. The zero-order valence-corrected chi connectivity index (χ0v) is 14.8. The number of aliphatic hydroxyl groups is 1. The molecule has 2 N–H and O–H groups in total. The number of carboxylic acid groups (broad SMARTS) is 1. The van der Waals surface area contributed by atoms with E-state index in [2.05, 4.69) is 0 Å². The predicted molar refractivity (Wildman–Crippen MR) is 94.0 cm³/mol. The fourth-order valence-corrected chi connectivity index (χ4v) is 4.00. The zero-order chi connectivity index (χ0) is 18.8. The van der Waals surface area contributed by atoms with Crippen LogP contribution in [0.4, 0.5) is 4.79 Å². The highest BCUT2D eigenvalue weighted by Gasteiger charge is 2.44. The van der Waals surface area contributed by atoms with Gasteiger partial charge in [-0.2, -0.15) is 0 Å². The summed E-state index contributed by atoms with van der Waals surface area (Å²) in [6.45, 7) is -0.113. The van der Waals surface area contributed by atoms with Gasteiger partial charge in [0.25, 0.3) is 11.8 Å². The lowest BCUT2D eigenvalue weighted by molar-refractivity contribution is -0.00210. The lowest BCUT2D eigenvalue weighted by Gasteiger charge is -2.37. The Kier molecular flexibility index (Phi) is 5.27. The third-order valence-electron chi connectivity index (χ3n) is 5.47. The summed E-state index contributed by atoms with van der Waals surface area (Å²) in [6.07, 6.45) is 2.61. The first-order chi connectivity index (χ1) is 12.4. The molecule has 1 aromatic carbocycles. The Balaban J connectivity index is 1.91. The van der Waals surface area contributed by atoms with Crippen molar-refractivity contribution in [1.29, 1.82) is 0 Å². The van der Waals surface area contributed by atoms with E-state index in [9.17, 15) is 24.6 Å². The molecule has 7 heteroatoms. The third-order valence-corrected chi connectivity index (χ3v) is 5.47. The van der Waals surface area contributed by atoms with Crippen LogP contribution in [0.1, 0.15) is 52.8 Å². The van der Waals surface area contributed by atoms with Crippen molar-refractivity contribution in [1.82, 2.24) is 9.80 Å². The highest BCUT2D eigenvalue weighted by molar-refractivity contribution is 6.21. The molecule has 7 nitrogen and oxygen atoms in total. The van der Waals surface area contributed by atoms with Crippen LogP contribution in [0.3, 0.4) is 0 Å². The number of hydrogen-bond donors (Lipinski definition) is 2. The van der Waals surface area contributed by atoms with Crippen molar-refractivity contribution in [2.45, 2.75) is 44.2 Å². The van der Waals surface area contributed by atoms with Crippen LogP contribution in [0.15, 0.2) is 24.3 Å². The highest BCUT2D eigenvalue weighted by atomic mass is 16.4. The number of carbonyl (C=O) groups excluding carboxylic acids is 2. The minimum absolute atomic E-state index is 0.0414. The predicted octanol–water partition coefficient (Wildman–Crippen LogP) is 2.20. The van der Waals surface area contributed by atoms with E-state index in [4.69, 9.17) is 0 Å². The van der Waals surface area contributed by atoms with E-state index in [1.807, 2.05) is 0 Å². The number of carbonyl (C=O) groups is 3. The summed E-state index contributed by atoms with van der Waals surface area (Å²) in [7, 11) is 1.38. The van der Waals surface area contributed by atoms with E-state index >= 15 is 0 Å². The van der Waals surface area contributed by atoms with Gasteiger partial charge in [-0.1, -0.05) is 31.4 Å². The zero-order valence-electron chi connectivity index (χ0n) is 14.8. The van der Waals surface area contributed by atoms with Crippen LogP contribution in [0.5, 0.6) is 0 Å². The largest absolute Gasteiger partial charge is 0.465 e. The van der Waals surface area contributed by atoms with Crippen molar-refractivity contribution in [3.05, 3.63) is 35.4 Å². The van der Waals surface area contributed by atoms with E-state index in [1.54, 1.807) is 24.3 Å². The molecule has 0 aromatic heterocycles. The number of rotatable bonds is 5. The maximum Gasteiger partial charge on any atom is 0.407 e. The normalized spacial score (nSPS) is 20.0. The Hall–Kier alpha value is -2.41. The lowest BCUT2D eigenvalue weighted by Crippen LogP contribution is -2.55. The lowest BCUT2D eigenvalue weighted by atomic mass is 9.82. The van der Waals surface area contributed by atoms with Gasteiger partial charge in [-0.05, 0) is 30.9 Å². The molecule has 3 amide bonds. The average Bonchev–Trinajstić information content (AvgIpc) is 2.91. The summed E-state index contributed by atoms with van der Waals surface area (Å²) >= 11 is 0. The minimum atomic E-state index is -1.16. The SMILES string of the molecule is CN(C[C@H]([C@@H](O)C1CCCCC1)N1C(=O)c2ccccc2C1=O)C(=O)O. The molecule has 0 saturated heterocycles. The van der Waals surface area contributed by atoms with Gasteiger partial charge in [-0.3, -0.25) is 14.5 Å². The monoisotopic (exact) mass is 360 g/mol. The molecule has 26 heavy (non-hydrogen) atoms. The van der Waals surface area contributed by atoms with E-state index in [0.29, 0.717) is 11.1 Å². The van der Waals surface area contributed by atoms with Crippen molar-refractivity contribution in [2.75, 3.05) is 13.6 Å². The fourth-order valence-electron chi connectivity index (χ4n) is 4.00. The van der Waals surface area contributed by atoms with Crippen LogP contribution in [0.2, 0.25) is 0 Å². The number of fused-ring (bicyclic) bond motifs is 1. The Bertz CT molecular complexity index is 679. The number of hydrogen-bond acceptors (Lipinski definition) is 4. The number of amides is 3. The maximum atomic E-state index is 12.8. The fraction of sp³-hybridized carbons (Fsp3) is 0.526. The molecular weight excluding hydrogens is 336 g/mol. The summed E-state index contributed by atoms with van der Waals surface area (Å²) in [5.41, 5.74) is 0.604. The molecule has 1 aromatic rings. The molecule has 1 aliphatic carbocycles. The van der Waals surface area contributed by atoms with Crippen LogP contribution < -0.4 is 0 Å². The summed E-state index contributed by atoms with van der Waals surface area (Å²) < 4.78 is 0. The molecule has 0 radical (unpaired) electrons. The molecule has 0 unspecified atom stereocenters. The number of aliphatic hydroxyl groups excluding tert-OH is 1. The highest BCUT2D eigenvalue weighted by Crippen LogP contribution is 2.32. The first-order valence-electron chi connectivity index (χ1n) is 9.01. The standard InChI is InChI=1S/C19H24N2O5/c1-20(19(25)26)11-15(16(22)12-7-3-2-4-8-12)21-17(23)13-9-5-6-10-14(13)18(21)24/h5-6,9-10,12,15-16,22H,2-4,7-8,11H2,1H3,(H,25,26)/t15-,16+/m1/s1. The number of imide groups is 1. The summed E-state index contributed by atoms with van der Waals surface area (Å²) in [5, 5.41) is 20.2. The summed E-state index contributed by atoms with van der Waals surface area (Å²) in [4.78, 5) is 39.0. The van der Waals surface area contributed by atoms with Gasteiger partial charge < -0.3 is 15.1 Å². The van der Waals surface area contributed by atoms with Gasteiger partial charge in [0, 0.05) is 13.6 Å². The van der Waals surface area contributed by atoms with Crippen molar-refractivity contribution in [3.8, 4) is 0 Å². The minimum Gasteiger partial charge on any atom is -0.465 e. The third kappa shape index (κ3) is 3.31. The smallest absolute Gasteiger partial charge is 0.407 e. The molecule has 1 heterocycles. The Morgan fingerprint density at radius 1 is 1.15 bits per heavy atom. The van der Waals surface area contributed by atoms with Gasteiger partial charge in [0.15, 0.2) is 0 Å². The Morgan fingerprint density at radius 2 is 1.69 bits per heavy atom. The second kappa shape index (κ2) is 7.45. The second-order valence-electron chi connectivity index (χ2n) is 7.15. The average molecular weight is 360 g/mol. The molecule has 1 fully saturated rings. The molecule has 2 atom stereocenters. The molecule has 3 rings (SSSR count). The summed E-state index contributed by atoms with van der Waals surface area (Å²) in [5.74, 6) is -0.978. The molecule has 2 aliphatic rings. The van der Waals surface area contributed by atoms with E-state index < -0.39 is 30.1 Å². The van der Waals surface area contributed by atoms with Crippen LogP contribution in [0, 0.1) is 5.92 Å². The summed E-state index contributed by atoms with van der Waals surface area (Å²) in [6, 6.07) is 5.64. The van der Waals surface area contributed by atoms with Crippen LogP contribution in [-0.2, 0) is 0 Å². The Morgan fingerprint density at radius 3 is 2.19 bits per heavy atom. The van der Waals surface area contributed by atoms with Crippen LogP contribution >= 0.6 is 0 Å². The number of likely N-dealkylation sites (N-methyl/N-ethyl adjacent to an activating group) is 1. The van der Waals surface area contributed by atoms with E-state index in [0.717, 1.165) is 41.9 Å². The van der Waals surface area contributed by atoms with Crippen molar-refractivity contribution in [3.63, 3.8) is 0 Å². The van der Waals surface area contributed by atoms with Gasteiger partial charge in [-0.15, -0.1) is 0 Å². The first-order valence-corrected chi connectivity index (χ1v) is 9.01. The molecule has 0 bridgehead atoms. The van der Waals surface area contributed by atoms with Crippen LogP contribution in [0.25, 0.3) is 0 Å². The van der Waals surface area contributed by atoms with Gasteiger partial charge >= 0.3 is 6.09 Å². The van der Waals surface area contributed by atoms with Gasteiger partial charge in [-0.25, -0.2) is 4.79 Å². The second-order valence-corrected chi connectivity index (χ2v) is 7.15. The molecule has 1 saturated carbocycles. The quantitative estimate of drug-likeness (QED) is 0.785. The first kappa shape index (κ1) is 18.4. The van der Waals surface area contributed by atoms with Gasteiger partial charge in [0.1, 0.15) is 0 Å². The van der Waals surface area contributed by atoms with Crippen molar-refractivity contribution < 1.29 is 24.6 Å². The molecular formula is C19H24N2O5. The van der Waals surface area contributed by atoms with E-state index in [1.165, 1.54) is 7.05 Å². The van der Waals surface area contributed by atoms with Crippen LogP contribution in [-0.4, -0.2) is 63.7 Å². The Labute approximate surface area is 152 Å².